The van der Waals surface area contributed by atoms with Crippen molar-refractivity contribution in [3.05, 3.63) is 29.8 Å². The molecule has 0 spiro atoms. The Morgan fingerprint density at radius 3 is 3.10 bits per heavy atom. The van der Waals surface area contributed by atoms with Crippen molar-refractivity contribution in [2.24, 2.45) is 0 Å². The largest absolute Gasteiger partial charge is 0.491 e. The lowest BCUT2D eigenvalue weighted by molar-refractivity contribution is 0.0687. The van der Waals surface area contributed by atoms with Crippen LogP contribution in [0.5, 0.6) is 5.75 Å². The number of methoxy groups -OCH3 is 1. The van der Waals surface area contributed by atoms with Crippen molar-refractivity contribution >= 4 is 0 Å². The summed E-state index contributed by atoms with van der Waals surface area (Å²) in [6.07, 6.45) is 2.96. The fourth-order valence-electron chi connectivity index (χ4n) is 2.64. The summed E-state index contributed by atoms with van der Waals surface area (Å²) in [4.78, 5) is 0. The third-order valence-corrected chi connectivity index (χ3v) is 3.78. The van der Waals surface area contributed by atoms with Gasteiger partial charge in [0.05, 0.1) is 17.7 Å². The average molecular weight is 290 g/mol. The van der Waals surface area contributed by atoms with Crippen molar-refractivity contribution in [3.8, 4) is 11.8 Å². The predicted molar refractivity (Wildman–Crippen MR) is 79.1 cm³/mol. The first-order valence-electron chi connectivity index (χ1n) is 7.30. The molecule has 1 saturated carbocycles. The number of ether oxygens (including phenoxy) is 2. The number of benzene rings is 1. The van der Waals surface area contributed by atoms with E-state index in [0.29, 0.717) is 23.9 Å². The van der Waals surface area contributed by atoms with Crippen molar-refractivity contribution in [2.75, 3.05) is 20.3 Å². The monoisotopic (exact) mass is 290 g/mol. The zero-order valence-corrected chi connectivity index (χ0v) is 12.3. The van der Waals surface area contributed by atoms with Gasteiger partial charge >= 0.3 is 0 Å². The Labute approximate surface area is 125 Å². The number of hydrogen-bond donors (Lipinski definition) is 2. The van der Waals surface area contributed by atoms with Crippen molar-refractivity contribution in [1.82, 2.24) is 5.32 Å². The van der Waals surface area contributed by atoms with Gasteiger partial charge in [0.25, 0.3) is 0 Å². The summed E-state index contributed by atoms with van der Waals surface area (Å²) in [6.45, 7) is 0.675. The summed E-state index contributed by atoms with van der Waals surface area (Å²) >= 11 is 0. The van der Waals surface area contributed by atoms with Crippen LogP contribution in [0.1, 0.15) is 24.8 Å². The number of rotatable bonds is 7. The molecule has 5 heteroatoms. The minimum absolute atomic E-state index is 0.201. The number of nitrogens with one attached hydrogen (secondary N) is 1. The third kappa shape index (κ3) is 4.71. The van der Waals surface area contributed by atoms with Gasteiger partial charge in [-0.1, -0.05) is 6.07 Å². The van der Waals surface area contributed by atoms with Crippen LogP contribution in [0.25, 0.3) is 0 Å². The van der Waals surface area contributed by atoms with Crippen molar-refractivity contribution in [1.29, 1.82) is 5.26 Å². The number of nitrogens with zero attached hydrogens (tertiary/aromatic N) is 1. The Balaban J connectivity index is 1.72. The van der Waals surface area contributed by atoms with Crippen LogP contribution in [0.15, 0.2) is 24.3 Å². The van der Waals surface area contributed by atoms with Gasteiger partial charge in [-0.3, -0.25) is 0 Å². The van der Waals surface area contributed by atoms with Gasteiger partial charge in [-0.25, -0.2) is 0 Å². The Bertz CT molecular complexity index is 487. The zero-order chi connectivity index (χ0) is 15.1. The molecule has 114 valence electrons. The fourth-order valence-corrected chi connectivity index (χ4v) is 2.64. The summed E-state index contributed by atoms with van der Waals surface area (Å²) in [7, 11) is 1.73. The molecule has 0 aromatic heterocycles. The first kappa shape index (κ1) is 15.8. The normalized spacial score (nSPS) is 22.7. The minimum Gasteiger partial charge on any atom is -0.491 e. The van der Waals surface area contributed by atoms with E-state index in [-0.39, 0.29) is 12.7 Å². The fraction of sp³-hybridized carbons (Fsp3) is 0.562. The summed E-state index contributed by atoms with van der Waals surface area (Å²) in [5, 5.41) is 22.1. The van der Waals surface area contributed by atoms with E-state index in [4.69, 9.17) is 14.7 Å². The van der Waals surface area contributed by atoms with Crippen molar-refractivity contribution in [2.45, 2.75) is 37.5 Å². The molecule has 0 radical (unpaired) electrons. The predicted octanol–water partition coefficient (Wildman–Crippen LogP) is 1.46. The topological polar surface area (TPSA) is 74.5 Å². The molecule has 3 atom stereocenters. The van der Waals surface area contributed by atoms with Crippen molar-refractivity contribution in [3.63, 3.8) is 0 Å². The highest BCUT2D eigenvalue weighted by molar-refractivity contribution is 5.36. The maximum Gasteiger partial charge on any atom is 0.120 e. The molecule has 1 fully saturated rings. The Hall–Kier alpha value is -1.61. The van der Waals surface area contributed by atoms with Crippen LogP contribution in [-0.4, -0.2) is 43.6 Å². The Morgan fingerprint density at radius 2 is 2.33 bits per heavy atom. The van der Waals surface area contributed by atoms with Crippen LogP contribution < -0.4 is 10.1 Å². The molecule has 0 amide bonds. The van der Waals surface area contributed by atoms with Crippen LogP contribution in [0.3, 0.4) is 0 Å². The second-order valence-corrected chi connectivity index (χ2v) is 5.32. The molecule has 0 saturated heterocycles. The van der Waals surface area contributed by atoms with Crippen LogP contribution in [0.4, 0.5) is 0 Å². The van der Waals surface area contributed by atoms with E-state index < -0.39 is 6.10 Å². The van der Waals surface area contributed by atoms with Crippen LogP contribution in [-0.2, 0) is 4.74 Å². The SMILES string of the molecule is COC1CCCC1NCC(O)COc1cccc(C#N)c1. The van der Waals surface area contributed by atoms with Gasteiger partial charge in [-0.2, -0.15) is 5.26 Å². The minimum atomic E-state index is -0.589. The van der Waals surface area contributed by atoms with Gasteiger partial charge in [0.1, 0.15) is 18.5 Å². The summed E-state index contributed by atoms with van der Waals surface area (Å²) in [5.41, 5.74) is 0.550. The highest BCUT2D eigenvalue weighted by atomic mass is 16.5. The van der Waals surface area contributed by atoms with Gasteiger partial charge in [-0.15, -0.1) is 0 Å². The van der Waals surface area contributed by atoms with Crippen molar-refractivity contribution < 1.29 is 14.6 Å². The lowest BCUT2D eigenvalue weighted by Crippen LogP contribution is -2.42. The van der Waals surface area contributed by atoms with E-state index >= 15 is 0 Å². The van der Waals surface area contributed by atoms with E-state index in [2.05, 4.69) is 11.4 Å². The molecule has 1 aromatic rings. The quantitative estimate of drug-likeness (QED) is 0.795. The van der Waals surface area contributed by atoms with E-state index in [1.165, 1.54) is 0 Å². The highest BCUT2D eigenvalue weighted by Gasteiger charge is 2.26. The molecule has 1 aromatic carbocycles. The summed E-state index contributed by atoms with van der Waals surface area (Å²) in [5.74, 6) is 0.601. The standard InChI is InChI=1S/C16H22N2O3/c1-20-16-7-3-6-15(16)18-10-13(19)11-21-14-5-2-4-12(8-14)9-17/h2,4-5,8,13,15-16,18-19H,3,6-7,10-11H2,1H3. The maximum absolute atomic E-state index is 9.96. The summed E-state index contributed by atoms with van der Waals surface area (Å²) < 4.78 is 10.9. The van der Waals surface area contributed by atoms with Crippen LogP contribution in [0, 0.1) is 11.3 Å². The maximum atomic E-state index is 9.96. The Kier molecular flexibility index (Phi) is 6.00. The third-order valence-electron chi connectivity index (χ3n) is 3.78. The second-order valence-electron chi connectivity index (χ2n) is 5.32. The lowest BCUT2D eigenvalue weighted by Gasteiger charge is -2.21. The highest BCUT2D eigenvalue weighted by Crippen LogP contribution is 2.21. The molecule has 2 rings (SSSR count). The molecular weight excluding hydrogens is 268 g/mol. The smallest absolute Gasteiger partial charge is 0.120 e. The van der Waals surface area contributed by atoms with E-state index in [1.807, 2.05) is 0 Å². The first-order chi connectivity index (χ1) is 10.2. The molecule has 5 nitrogen and oxygen atoms in total. The van der Waals surface area contributed by atoms with E-state index in [0.717, 1.165) is 19.3 Å². The van der Waals surface area contributed by atoms with E-state index in [9.17, 15) is 5.11 Å². The molecule has 0 bridgehead atoms. The zero-order valence-electron chi connectivity index (χ0n) is 12.3. The second kappa shape index (κ2) is 7.99. The molecular formula is C16H22N2O3. The molecule has 0 heterocycles. The van der Waals surface area contributed by atoms with Gasteiger partial charge in [-0.05, 0) is 37.5 Å². The van der Waals surface area contributed by atoms with Gasteiger partial charge < -0.3 is 19.9 Å². The lowest BCUT2D eigenvalue weighted by atomic mass is 10.2. The number of hydrogen-bond acceptors (Lipinski definition) is 5. The average Bonchev–Trinajstić information content (AvgIpc) is 2.98. The molecule has 1 aliphatic carbocycles. The first-order valence-corrected chi connectivity index (χ1v) is 7.30. The molecule has 21 heavy (non-hydrogen) atoms. The van der Waals surface area contributed by atoms with Crippen LogP contribution in [0.2, 0.25) is 0 Å². The molecule has 1 aliphatic rings. The van der Waals surface area contributed by atoms with Gasteiger partial charge in [0, 0.05) is 19.7 Å². The number of nitriles is 1. The Morgan fingerprint density at radius 1 is 1.48 bits per heavy atom. The van der Waals surface area contributed by atoms with Gasteiger partial charge in [0.15, 0.2) is 0 Å². The molecule has 0 aliphatic heterocycles. The van der Waals surface area contributed by atoms with Gasteiger partial charge in [0.2, 0.25) is 0 Å². The van der Waals surface area contributed by atoms with E-state index in [1.54, 1.807) is 31.4 Å². The van der Waals surface area contributed by atoms with Crippen LogP contribution >= 0.6 is 0 Å². The molecule has 2 N–H and O–H groups in total. The number of aliphatic hydroxyl groups excluding tert-OH is 1. The number of aliphatic hydroxyl groups is 1. The molecule has 3 unspecified atom stereocenters. The summed E-state index contributed by atoms with van der Waals surface area (Å²) in [6, 6.07) is 9.30.